The van der Waals surface area contributed by atoms with Crippen LogP contribution in [0.4, 0.5) is 14.6 Å². The Labute approximate surface area is 123 Å². The van der Waals surface area contributed by atoms with Crippen molar-refractivity contribution in [2.24, 2.45) is 0 Å². The van der Waals surface area contributed by atoms with E-state index >= 15 is 0 Å². The Balaban J connectivity index is 1.97. The Hall–Kier alpha value is -3.02. The Morgan fingerprint density at radius 3 is 2.55 bits per heavy atom. The molecule has 0 amide bonds. The van der Waals surface area contributed by atoms with Gasteiger partial charge in [0.05, 0.1) is 11.7 Å². The van der Waals surface area contributed by atoms with E-state index < -0.39 is 11.6 Å². The molecule has 0 aliphatic heterocycles. The van der Waals surface area contributed by atoms with Crippen molar-refractivity contribution in [2.75, 3.05) is 5.73 Å². The summed E-state index contributed by atoms with van der Waals surface area (Å²) >= 11 is 0. The van der Waals surface area contributed by atoms with Gasteiger partial charge in [0, 0.05) is 22.5 Å². The molecular formula is C16H10F2N4. The zero-order valence-corrected chi connectivity index (χ0v) is 11.3. The number of H-pyrrole nitrogens is 1. The van der Waals surface area contributed by atoms with Crippen molar-refractivity contribution in [3.8, 4) is 11.1 Å². The highest BCUT2D eigenvalue weighted by Gasteiger charge is 2.10. The van der Waals surface area contributed by atoms with Gasteiger partial charge < -0.3 is 10.7 Å². The van der Waals surface area contributed by atoms with Gasteiger partial charge in [0.1, 0.15) is 11.5 Å². The molecule has 0 saturated heterocycles. The van der Waals surface area contributed by atoms with Gasteiger partial charge in [0.15, 0.2) is 11.6 Å². The number of anilines is 1. The Morgan fingerprint density at radius 2 is 1.73 bits per heavy atom. The Bertz CT molecular complexity index is 1020. The zero-order chi connectivity index (χ0) is 15.3. The third kappa shape index (κ3) is 1.88. The average molecular weight is 296 g/mol. The predicted molar refractivity (Wildman–Crippen MR) is 81.2 cm³/mol. The summed E-state index contributed by atoms with van der Waals surface area (Å²) in [5.74, 6) is -1.35. The molecule has 1 aromatic carbocycles. The van der Waals surface area contributed by atoms with E-state index in [-0.39, 0.29) is 0 Å². The molecule has 4 aromatic rings. The van der Waals surface area contributed by atoms with Crippen LogP contribution in [0.25, 0.3) is 33.1 Å². The maximum Gasteiger partial charge on any atom is 0.159 e. The lowest BCUT2D eigenvalue weighted by atomic mass is 10.1. The number of benzene rings is 1. The molecule has 0 saturated carbocycles. The van der Waals surface area contributed by atoms with E-state index in [4.69, 9.17) is 5.73 Å². The topological polar surface area (TPSA) is 67.6 Å². The number of fused-ring (bicyclic) bond motifs is 3. The lowest BCUT2D eigenvalue weighted by Gasteiger charge is -2.02. The number of aromatic amines is 1. The van der Waals surface area contributed by atoms with Gasteiger partial charge in [-0.1, -0.05) is 6.07 Å². The lowest BCUT2D eigenvalue weighted by Crippen LogP contribution is -1.87. The van der Waals surface area contributed by atoms with Crippen molar-refractivity contribution in [1.82, 2.24) is 15.0 Å². The van der Waals surface area contributed by atoms with Crippen molar-refractivity contribution in [1.29, 1.82) is 0 Å². The maximum atomic E-state index is 13.4. The molecule has 0 atom stereocenters. The van der Waals surface area contributed by atoms with Gasteiger partial charge in [-0.15, -0.1) is 0 Å². The zero-order valence-electron chi connectivity index (χ0n) is 11.3. The number of hydrogen-bond acceptors (Lipinski definition) is 3. The van der Waals surface area contributed by atoms with E-state index in [2.05, 4.69) is 15.0 Å². The normalized spacial score (nSPS) is 11.4. The van der Waals surface area contributed by atoms with Gasteiger partial charge in [0.25, 0.3) is 0 Å². The van der Waals surface area contributed by atoms with E-state index in [1.807, 2.05) is 6.07 Å². The number of nitrogens with one attached hydrogen (secondary N) is 1. The number of nitrogens with two attached hydrogens (primary N) is 1. The maximum absolute atomic E-state index is 13.4. The van der Waals surface area contributed by atoms with Crippen LogP contribution in [0.5, 0.6) is 0 Å². The molecule has 0 radical (unpaired) electrons. The van der Waals surface area contributed by atoms with Crippen LogP contribution in [0.2, 0.25) is 0 Å². The van der Waals surface area contributed by atoms with Crippen LogP contribution in [-0.2, 0) is 0 Å². The summed E-state index contributed by atoms with van der Waals surface area (Å²) in [6.07, 6.45) is 3.25. The Kier molecular flexibility index (Phi) is 2.59. The van der Waals surface area contributed by atoms with Gasteiger partial charge in [-0.2, -0.15) is 0 Å². The SMILES string of the molecule is Nc1cc2c(cn1)[nH]c1ncc(-c3ccc(F)c(F)c3)cc12. The van der Waals surface area contributed by atoms with Crippen molar-refractivity contribution < 1.29 is 8.78 Å². The van der Waals surface area contributed by atoms with Crippen molar-refractivity contribution in [3.05, 3.63) is 54.4 Å². The third-order valence-corrected chi connectivity index (χ3v) is 3.61. The summed E-state index contributed by atoms with van der Waals surface area (Å²) < 4.78 is 26.5. The molecule has 4 nitrogen and oxygen atoms in total. The molecule has 22 heavy (non-hydrogen) atoms. The molecule has 0 aliphatic rings. The van der Waals surface area contributed by atoms with Crippen LogP contribution in [0, 0.1) is 11.6 Å². The van der Waals surface area contributed by atoms with Crippen LogP contribution in [0.3, 0.4) is 0 Å². The number of nitrogens with zero attached hydrogens (tertiary/aromatic N) is 2. The minimum absolute atomic E-state index is 0.409. The highest BCUT2D eigenvalue weighted by atomic mass is 19.2. The van der Waals surface area contributed by atoms with Crippen LogP contribution in [0.15, 0.2) is 42.7 Å². The van der Waals surface area contributed by atoms with Gasteiger partial charge in [-0.3, -0.25) is 0 Å². The molecule has 0 fully saturated rings. The summed E-state index contributed by atoms with van der Waals surface area (Å²) in [5.41, 5.74) is 8.49. The van der Waals surface area contributed by atoms with Crippen molar-refractivity contribution >= 4 is 27.8 Å². The second-order valence-corrected chi connectivity index (χ2v) is 5.03. The number of hydrogen-bond donors (Lipinski definition) is 2. The first-order valence-corrected chi connectivity index (χ1v) is 6.60. The number of halogens is 2. The van der Waals surface area contributed by atoms with Gasteiger partial charge in [0.2, 0.25) is 0 Å². The molecule has 108 valence electrons. The van der Waals surface area contributed by atoms with E-state index in [1.54, 1.807) is 18.5 Å². The molecule has 3 aromatic heterocycles. The van der Waals surface area contributed by atoms with Gasteiger partial charge >= 0.3 is 0 Å². The lowest BCUT2D eigenvalue weighted by molar-refractivity contribution is 0.509. The van der Waals surface area contributed by atoms with Crippen LogP contribution in [-0.4, -0.2) is 15.0 Å². The molecule has 0 spiro atoms. The number of aromatic nitrogens is 3. The third-order valence-electron chi connectivity index (χ3n) is 3.61. The van der Waals surface area contributed by atoms with E-state index in [0.29, 0.717) is 22.6 Å². The standard InChI is InChI=1S/C16H10F2N4/c17-12-2-1-8(4-13(12)18)9-3-11-10-5-15(19)20-7-14(10)22-16(11)21-6-9/h1-7H,(H2,19,20)(H,21,22). The fourth-order valence-corrected chi connectivity index (χ4v) is 2.52. The Morgan fingerprint density at radius 1 is 0.864 bits per heavy atom. The highest BCUT2D eigenvalue weighted by Crippen LogP contribution is 2.29. The molecule has 3 heterocycles. The monoisotopic (exact) mass is 296 g/mol. The van der Waals surface area contributed by atoms with E-state index in [1.165, 1.54) is 6.07 Å². The predicted octanol–water partition coefficient (Wildman–Crippen LogP) is 3.64. The number of nitrogen functional groups attached to an aromatic ring is 1. The molecule has 0 unspecified atom stereocenters. The summed E-state index contributed by atoms with van der Waals surface area (Å²) in [4.78, 5) is 11.5. The molecular weight excluding hydrogens is 286 g/mol. The summed E-state index contributed by atoms with van der Waals surface area (Å²) in [6, 6.07) is 7.40. The molecule has 4 rings (SSSR count). The quantitative estimate of drug-likeness (QED) is 0.563. The van der Waals surface area contributed by atoms with Crippen LogP contribution >= 0.6 is 0 Å². The first-order chi connectivity index (χ1) is 10.6. The minimum Gasteiger partial charge on any atom is -0.384 e. The van der Waals surface area contributed by atoms with Crippen LogP contribution < -0.4 is 5.73 Å². The summed E-state index contributed by atoms with van der Waals surface area (Å²) in [6.45, 7) is 0. The molecule has 6 heteroatoms. The molecule has 0 bridgehead atoms. The van der Waals surface area contributed by atoms with Gasteiger partial charge in [-0.05, 0) is 29.8 Å². The summed E-state index contributed by atoms with van der Waals surface area (Å²) in [5, 5.41) is 1.74. The number of pyridine rings is 2. The van der Waals surface area contributed by atoms with Crippen molar-refractivity contribution in [2.45, 2.75) is 0 Å². The average Bonchev–Trinajstić information content (AvgIpc) is 2.87. The van der Waals surface area contributed by atoms with Crippen molar-refractivity contribution in [3.63, 3.8) is 0 Å². The fourth-order valence-electron chi connectivity index (χ4n) is 2.52. The van der Waals surface area contributed by atoms with Gasteiger partial charge in [-0.25, -0.2) is 18.7 Å². The number of rotatable bonds is 1. The summed E-state index contributed by atoms with van der Waals surface area (Å²) in [7, 11) is 0. The largest absolute Gasteiger partial charge is 0.384 e. The first-order valence-electron chi connectivity index (χ1n) is 6.60. The second kappa shape index (κ2) is 4.49. The second-order valence-electron chi connectivity index (χ2n) is 5.03. The molecule has 0 aliphatic carbocycles. The first kappa shape index (κ1) is 12.7. The van der Waals surface area contributed by atoms with Crippen LogP contribution in [0.1, 0.15) is 0 Å². The minimum atomic E-state index is -0.884. The van der Waals surface area contributed by atoms with E-state index in [9.17, 15) is 8.78 Å². The highest BCUT2D eigenvalue weighted by molar-refractivity contribution is 6.07. The van der Waals surface area contributed by atoms with E-state index in [0.717, 1.165) is 28.4 Å². The smallest absolute Gasteiger partial charge is 0.159 e. The fraction of sp³-hybridized carbons (Fsp3) is 0. The molecule has 3 N–H and O–H groups in total.